The molecule has 0 aliphatic rings. The molecule has 0 saturated heterocycles. The average molecular weight is 597 g/mol. The van der Waals surface area contributed by atoms with Crippen LogP contribution >= 0.6 is 7.53 Å². The van der Waals surface area contributed by atoms with Gasteiger partial charge in [0.15, 0.2) is 0 Å². The van der Waals surface area contributed by atoms with E-state index in [4.69, 9.17) is 18.9 Å². The van der Waals surface area contributed by atoms with Gasteiger partial charge in [-0.3, -0.25) is 0 Å². The SMILES string of the molecule is COC(=O)c1c(-c2ccccc2)ccc(-c2ccccc2)p(-c2ccccc2)c(C(=O)OC)c(C(=O)OC)c1C(=O)OC. The average Bonchev–Trinajstić information content (AvgIpc) is 3.13. The maximum Gasteiger partial charge on any atom is 0.343 e. The monoisotopic (exact) mass is 596 g/mol. The maximum absolute atomic E-state index is 13.9. The number of esters is 4. The fourth-order valence-electron chi connectivity index (χ4n) is 4.68. The first-order chi connectivity index (χ1) is 20.9. The number of ether oxygens (including phenoxy) is 4. The van der Waals surface area contributed by atoms with Crippen molar-refractivity contribution in [3.05, 3.63) is 125 Å². The minimum atomic E-state index is -1.91. The van der Waals surface area contributed by atoms with Crippen molar-refractivity contribution in [1.29, 1.82) is 0 Å². The number of benzene rings is 3. The molecule has 0 bridgehead atoms. The van der Waals surface area contributed by atoms with Gasteiger partial charge in [-0.05, 0) is 28.1 Å². The molecular formula is C34H29O8P. The molecule has 4 aromatic rings. The molecule has 0 amide bonds. The van der Waals surface area contributed by atoms with Crippen molar-refractivity contribution in [2.24, 2.45) is 0 Å². The first-order valence-electron chi connectivity index (χ1n) is 13.1. The van der Waals surface area contributed by atoms with Crippen molar-refractivity contribution in [3.8, 4) is 27.3 Å². The van der Waals surface area contributed by atoms with E-state index in [1.54, 1.807) is 42.5 Å². The lowest BCUT2D eigenvalue weighted by molar-refractivity contribution is 0.0525. The smallest absolute Gasteiger partial charge is 0.343 e. The van der Waals surface area contributed by atoms with E-state index in [1.165, 1.54) is 7.11 Å². The Balaban J connectivity index is 2.53. The highest BCUT2D eigenvalue weighted by atomic mass is 31.1. The van der Waals surface area contributed by atoms with Crippen LogP contribution in [0.15, 0.2) is 103 Å². The zero-order valence-corrected chi connectivity index (χ0v) is 24.9. The summed E-state index contributed by atoms with van der Waals surface area (Å²) < 4.78 is 20.7. The molecule has 43 heavy (non-hydrogen) atoms. The molecule has 8 nitrogen and oxygen atoms in total. The lowest BCUT2D eigenvalue weighted by Crippen LogP contribution is -2.21. The van der Waals surface area contributed by atoms with Crippen LogP contribution in [0.3, 0.4) is 0 Å². The molecule has 0 N–H and O–H groups in total. The molecule has 218 valence electrons. The third-order valence-corrected chi connectivity index (χ3v) is 9.15. The van der Waals surface area contributed by atoms with Crippen molar-refractivity contribution in [3.63, 3.8) is 0 Å². The lowest BCUT2D eigenvalue weighted by atomic mass is 9.94. The van der Waals surface area contributed by atoms with Gasteiger partial charge in [-0.25, -0.2) is 19.2 Å². The zero-order valence-electron chi connectivity index (χ0n) is 24.0. The summed E-state index contributed by atoms with van der Waals surface area (Å²) in [6.07, 6.45) is 0. The number of hydrogen-bond donors (Lipinski definition) is 0. The third-order valence-electron chi connectivity index (χ3n) is 6.59. The van der Waals surface area contributed by atoms with Gasteiger partial charge in [0.1, 0.15) is 0 Å². The van der Waals surface area contributed by atoms with Gasteiger partial charge in [0, 0.05) is 5.30 Å². The van der Waals surface area contributed by atoms with Crippen molar-refractivity contribution in [2.75, 3.05) is 28.4 Å². The summed E-state index contributed by atoms with van der Waals surface area (Å²) in [5.41, 5.74) is 0.327. The number of hydrogen-bond acceptors (Lipinski definition) is 8. The third kappa shape index (κ3) is 6.35. The second-order valence-electron chi connectivity index (χ2n) is 8.98. The standard InChI is InChI=1S/C34H29O8P/c1-39-31(35)27-25(22-14-8-5-9-15-22)20-21-26(23-16-10-6-11-17-23)43(24-18-12-7-13-19-24)30(34(38)42-4)29(33(37)41-3)28(27)32(36)40-2/h5-21H,1-4H3. The lowest BCUT2D eigenvalue weighted by Gasteiger charge is -2.17. The second-order valence-corrected chi connectivity index (χ2v) is 11.1. The van der Waals surface area contributed by atoms with Gasteiger partial charge in [0.2, 0.25) is 0 Å². The number of carbonyl (C=O) groups excluding carboxylic acids is 4. The van der Waals surface area contributed by atoms with E-state index in [1.807, 2.05) is 60.7 Å². The van der Waals surface area contributed by atoms with Crippen molar-refractivity contribution >= 4 is 31.4 Å². The summed E-state index contributed by atoms with van der Waals surface area (Å²) in [5.74, 6) is -3.89. The molecule has 1 aromatic heterocycles. The molecule has 1 heterocycles. The predicted octanol–water partition coefficient (Wildman–Crippen LogP) is 7.27. The van der Waals surface area contributed by atoms with Crippen LogP contribution in [-0.2, 0) is 18.9 Å². The van der Waals surface area contributed by atoms with Gasteiger partial charge in [-0.1, -0.05) is 105 Å². The van der Waals surface area contributed by atoms with Crippen molar-refractivity contribution in [2.45, 2.75) is 0 Å². The Morgan fingerprint density at radius 1 is 0.465 bits per heavy atom. The van der Waals surface area contributed by atoms with Crippen LogP contribution in [0.2, 0.25) is 0 Å². The Morgan fingerprint density at radius 3 is 1.42 bits per heavy atom. The van der Waals surface area contributed by atoms with Crippen molar-refractivity contribution < 1.29 is 38.1 Å². The summed E-state index contributed by atoms with van der Waals surface area (Å²) in [5, 5.41) is 1.16. The highest BCUT2D eigenvalue weighted by Gasteiger charge is 2.34. The van der Waals surface area contributed by atoms with E-state index < -0.39 is 42.5 Å². The van der Waals surface area contributed by atoms with Crippen LogP contribution in [0.4, 0.5) is 0 Å². The molecule has 0 spiro atoms. The summed E-state index contributed by atoms with van der Waals surface area (Å²) in [6, 6.07) is 30.7. The molecule has 0 radical (unpaired) electrons. The second kappa shape index (κ2) is 14.1. The Kier molecular flexibility index (Phi) is 10.1. The number of rotatable bonds is 7. The van der Waals surface area contributed by atoms with E-state index in [-0.39, 0.29) is 16.4 Å². The van der Waals surface area contributed by atoms with Crippen LogP contribution in [0.25, 0.3) is 27.3 Å². The number of carbonyl (C=O) groups is 4. The molecule has 0 aliphatic heterocycles. The Bertz CT molecular complexity index is 1710. The highest BCUT2D eigenvalue weighted by Crippen LogP contribution is 2.52. The van der Waals surface area contributed by atoms with E-state index in [0.29, 0.717) is 16.2 Å². The molecule has 9 heteroatoms. The topological polar surface area (TPSA) is 105 Å². The van der Waals surface area contributed by atoms with Crippen LogP contribution < -0.4 is 0 Å². The highest BCUT2D eigenvalue weighted by molar-refractivity contribution is 7.61. The normalized spacial score (nSPS) is 10.7. The molecule has 0 fully saturated rings. The van der Waals surface area contributed by atoms with Gasteiger partial charge < -0.3 is 18.9 Å². The minimum absolute atomic E-state index is 0.157. The zero-order chi connectivity index (χ0) is 30.9. The molecule has 0 aliphatic carbocycles. The van der Waals surface area contributed by atoms with Gasteiger partial charge in [-0.2, -0.15) is 0 Å². The summed E-state index contributed by atoms with van der Waals surface area (Å²) in [4.78, 5) is 55.0. The molecule has 1 unspecified atom stereocenters. The quantitative estimate of drug-likeness (QED) is 0.162. The van der Waals surface area contributed by atoms with Crippen LogP contribution in [0.1, 0.15) is 41.2 Å². The first kappa shape index (κ1) is 30.8. The van der Waals surface area contributed by atoms with Gasteiger partial charge in [-0.15, -0.1) is 0 Å². The van der Waals surface area contributed by atoms with Crippen LogP contribution in [-0.4, -0.2) is 52.3 Å². The van der Waals surface area contributed by atoms with Crippen molar-refractivity contribution in [1.82, 2.24) is 0 Å². The van der Waals surface area contributed by atoms with Crippen LogP contribution in [0.5, 0.6) is 0 Å². The Labute approximate surface area is 250 Å². The Morgan fingerprint density at radius 2 is 0.907 bits per heavy atom. The fourth-order valence-corrected chi connectivity index (χ4v) is 7.26. The number of methoxy groups -OCH3 is 4. The first-order valence-corrected chi connectivity index (χ1v) is 14.4. The summed E-state index contributed by atoms with van der Waals surface area (Å²) in [6.45, 7) is 0. The molecular weight excluding hydrogens is 567 g/mol. The van der Waals surface area contributed by atoms with E-state index in [2.05, 4.69) is 0 Å². The van der Waals surface area contributed by atoms with Gasteiger partial charge in [0.25, 0.3) is 0 Å². The molecule has 0 saturated carbocycles. The van der Waals surface area contributed by atoms with E-state index in [9.17, 15) is 19.2 Å². The maximum atomic E-state index is 13.9. The Hall–Kier alpha value is -5.20. The van der Waals surface area contributed by atoms with Crippen LogP contribution in [0, 0.1) is 0 Å². The predicted molar refractivity (Wildman–Crippen MR) is 164 cm³/mol. The van der Waals surface area contributed by atoms with E-state index >= 15 is 0 Å². The molecule has 1 atom stereocenters. The largest absolute Gasteiger partial charge is 0.465 e. The molecule has 3 aromatic carbocycles. The van der Waals surface area contributed by atoms with E-state index in [0.717, 1.165) is 26.9 Å². The molecule has 4 rings (SSSR count). The minimum Gasteiger partial charge on any atom is -0.465 e. The van der Waals surface area contributed by atoms with Gasteiger partial charge >= 0.3 is 23.9 Å². The van der Waals surface area contributed by atoms with Gasteiger partial charge in [0.05, 0.1) is 50.4 Å². The summed E-state index contributed by atoms with van der Waals surface area (Å²) in [7, 11) is 2.66. The fraction of sp³-hybridized carbons (Fsp3) is 0.118. The summed E-state index contributed by atoms with van der Waals surface area (Å²) >= 11 is 0.